The van der Waals surface area contributed by atoms with E-state index in [1.807, 2.05) is 0 Å². The predicted molar refractivity (Wildman–Crippen MR) is 68.6 cm³/mol. The molecule has 0 radical (unpaired) electrons. The summed E-state index contributed by atoms with van der Waals surface area (Å²) in [6, 6.07) is 4.37. The van der Waals surface area contributed by atoms with Crippen LogP contribution in [0.2, 0.25) is 0 Å². The van der Waals surface area contributed by atoms with Crippen molar-refractivity contribution in [2.24, 2.45) is 0 Å². The molecule has 1 fully saturated rings. The number of halogens is 2. The summed E-state index contributed by atoms with van der Waals surface area (Å²) in [7, 11) is 0. The lowest BCUT2D eigenvalue weighted by Crippen LogP contribution is -2.21. The predicted octanol–water partition coefficient (Wildman–Crippen LogP) is 2.46. The SMILES string of the molecule is O=C(C=Cc1cc(Br)ccc1F)OC1CCOC1=O. The van der Waals surface area contributed by atoms with Crippen LogP contribution in [-0.4, -0.2) is 24.6 Å². The van der Waals surface area contributed by atoms with E-state index < -0.39 is 23.9 Å². The Kier molecular flexibility index (Phi) is 4.31. The van der Waals surface area contributed by atoms with Gasteiger partial charge in [-0.05, 0) is 24.3 Å². The Morgan fingerprint density at radius 3 is 3.00 bits per heavy atom. The number of rotatable bonds is 3. The summed E-state index contributed by atoms with van der Waals surface area (Å²) in [6.07, 6.45) is 1.87. The van der Waals surface area contributed by atoms with E-state index in [2.05, 4.69) is 20.7 Å². The molecule has 1 aliphatic heterocycles. The number of hydrogen-bond acceptors (Lipinski definition) is 4. The maximum Gasteiger partial charge on any atom is 0.347 e. The van der Waals surface area contributed by atoms with Crippen molar-refractivity contribution in [3.05, 3.63) is 40.1 Å². The molecule has 0 spiro atoms. The van der Waals surface area contributed by atoms with Crippen LogP contribution >= 0.6 is 15.9 Å². The van der Waals surface area contributed by atoms with Gasteiger partial charge < -0.3 is 9.47 Å². The molecule has 0 bridgehead atoms. The maximum atomic E-state index is 13.4. The van der Waals surface area contributed by atoms with E-state index in [0.717, 1.165) is 6.08 Å². The highest BCUT2D eigenvalue weighted by Crippen LogP contribution is 2.17. The third kappa shape index (κ3) is 3.64. The number of benzene rings is 1. The quantitative estimate of drug-likeness (QED) is 0.631. The molecule has 1 aromatic rings. The number of hydrogen-bond donors (Lipinski definition) is 0. The number of esters is 2. The van der Waals surface area contributed by atoms with E-state index in [0.29, 0.717) is 10.9 Å². The van der Waals surface area contributed by atoms with E-state index in [1.54, 1.807) is 6.07 Å². The molecule has 0 amide bonds. The Morgan fingerprint density at radius 1 is 1.53 bits per heavy atom. The first-order valence-corrected chi connectivity index (χ1v) is 6.36. The van der Waals surface area contributed by atoms with Crippen LogP contribution in [0.3, 0.4) is 0 Å². The van der Waals surface area contributed by atoms with Gasteiger partial charge in [0.05, 0.1) is 6.61 Å². The summed E-state index contributed by atoms with van der Waals surface area (Å²) in [5.41, 5.74) is 0.250. The Bertz CT molecular complexity index is 541. The third-order valence-electron chi connectivity index (χ3n) is 2.50. The van der Waals surface area contributed by atoms with Crippen LogP contribution in [-0.2, 0) is 19.1 Å². The molecule has 0 aliphatic carbocycles. The van der Waals surface area contributed by atoms with E-state index >= 15 is 0 Å². The van der Waals surface area contributed by atoms with Crippen LogP contribution in [0.1, 0.15) is 12.0 Å². The molecule has 6 heteroatoms. The van der Waals surface area contributed by atoms with Gasteiger partial charge in [-0.15, -0.1) is 0 Å². The van der Waals surface area contributed by atoms with Gasteiger partial charge in [0.1, 0.15) is 5.82 Å². The van der Waals surface area contributed by atoms with E-state index in [-0.39, 0.29) is 12.2 Å². The van der Waals surface area contributed by atoms with Crippen LogP contribution in [0.4, 0.5) is 4.39 Å². The summed E-state index contributed by atoms with van der Waals surface area (Å²) in [6.45, 7) is 0.251. The molecule has 1 aliphatic rings. The first-order valence-electron chi connectivity index (χ1n) is 5.56. The van der Waals surface area contributed by atoms with Crippen LogP contribution in [0.5, 0.6) is 0 Å². The topological polar surface area (TPSA) is 52.6 Å². The molecule has 100 valence electrons. The van der Waals surface area contributed by atoms with E-state index in [9.17, 15) is 14.0 Å². The van der Waals surface area contributed by atoms with Gasteiger partial charge >= 0.3 is 11.9 Å². The zero-order valence-electron chi connectivity index (χ0n) is 9.77. The van der Waals surface area contributed by atoms with Gasteiger partial charge in [-0.25, -0.2) is 14.0 Å². The maximum absolute atomic E-state index is 13.4. The highest BCUT2D eigenvalue weighted by Gasteiger charge is 2.29. The van der Waals surface area contributed by atoms with Crippen molar-refractivity contribution >= 4 is 33.9 Å². The zero-order valence-corrected chi connectivity index (χ0v) is 11.4. The van der Waals surface area contributed by atoms with Gasteiger partial charge in [0, 0.05) is 22.5 Å². The highest BCUT2D eigenvalue weighted by atomic mass is 79.9. The minimum atomic E-state index is -0.857. The van der Waals surface area contributed by atoms with Gasteiger partial charge in [0.15, 0.2) is 0 Å². The summed E-state index contributed by atoms with van der Waals surface area (Å²) in [5.74, 6) is -1.70. The van der Waals surface area contributed by atoms with Crippen molar-refractivity contribution in [2.75, 3.05) is 6.61 Å². The van der Waals surface area contributed by atoms with Crippen molar-refractivity contribution in [1.29, 1.82) is 0 Å². The molecule has 2 rings (SSSR count). The molecule has 0 saturated carbocycles. The number of carbonyl (C=O) groups excluding carboxylic acids is 2. The highest BCUT2D eigenvalue weighted by molar-refractivity contribution is 9.10. The van der Waals surface area contributed by atoms with Crippen molar-refractivity contribution in [3.63, 3.8) is 0 Å². The second-order valence-corrected chi connectivity index (χ2v) is 4.80. The fourth-order valence-corrected chi connectivity index (χ4v) is 1.94. The molecule has 4 nitrogen and oxygen atoms in total. The lowest BCUT2D eigenvalue weighted by atomic mass is 10.2. The molecule has 0 N–H and O–H groups in total. The summed E-state index contributed by atoms with van der Waals surface area (Å²) < 4.78 is 23.6. The van der Waals surface area contributed by atoms with Gasteiger partial charge in [-0.2, -0.15) is 0 Å². The van der Waals surface area contributed by atoms with E-state index in [1.165, 1.54) is 18.2 Å². The fraction of sp³-hybridized carbons (Fsp3) is 0.231. The number of cyclic esters (lactones) is 1. The third-order valence-corrected chi connectivity index (χ3v) is 3.00. The number of ether oxygens (including phenoxy) is 2. The lowest BCUT2D eigenvalue weighted by Gasteiger charge is -2.05. The monoisotopic (exact) mass is 328 g/mol. The van der Waals surface area contributed by atoms with Crippen LogP contribution in [0.25, 0.3) is 6.08 Å². The first kappa shape index (κ1) is 13.7. The summed E-state index contributed by atoms with van der Waals surface area (Å²) in [4.78, 5) is 22.6. The molecule has 1 saturated heterocycles. The molecular weight excluding hydrogens is 319 g/mol. The minimum absolute atomic E-state index is 0.250. The molecule has 1 heterocycles. The van der Waals surface area contributed by atoms with Crippen LogP contribution < -0.4 is 0 Å². The van der Waals surface area contributed by atoms with Crippen molar-refractivity contribution in [2.45, 2.75) is 12.5 Å². The van der Waals surface area contributed by atoms with Crippen LogP contribution in [0, 0.1) is 5.82 Å². The largest absolute Gasteiger partial charge is 0.463 e. The summed E-state index contributed by atoms with van der Waals surface area (Å²) in [5, 5.41) is 0. The molecule has 1 unspecified atom stereocenters. The minimum Gasteiger partial charge on any atom is -0.463 e. The second kappa shape index (κ2) is 5.97. The summed E-state index contributed by atoms with van der Waals surface area (Å²) >= 11 is 3.20. The Hall–Kier alpha value is -1.69. The van der Waals surface area contributed by atoms with Gasteiger partial charge in [-0.1, -0.05) is 15.9 Å². The van der Waals surface area contributed by atoms with Gasteiger partial charge in [0.2, 0.25) is 6.10 Å². The van der Waals surface area contributed by atoms with Crippen LogP contribution in [0.15, 0.2) is 28.7 Å². The number of carbonyl (C=O) groups is 2. The van der Waals surface area contributed by atoms with Crippen molar-refractivity contribution in [3.8, 4) is 0 Å². The van der Waals surface area contributed by atoms with E-state index in [4.69, 9.17) is 4.74 Å². The average Bonchev–Trinajstić information content (AvgIpc) is 2.76. The van der Waals surface area contributed by atoms with Crippen molar-refractivity contribution < 1.29 is 23.5 Å². The first-order chi connectivity index (χ1) is 9.06. The zero-order chi connectivity index (χ0) is 13.8. The second-order valence-electron chi connectivity index (χ2n) is 3.88. The molecule has 19 heavy (non-hydrogen) atoms. The van der Waals surface area contributed by atoms with Crippen molar-refractivity contribution in [1.82, 2.24) is 0 Å². The normalized spacial score (nSPS) is 18.6. The Balaban J connectivity index is 2.00. The van der Waals surface area contributed by atoms with Gasteiger partial charge in [-0.3, -0.25) is 0 Å². The van der Waals surface area contributed by atoms with Gasteiger partial charge in [0.25, 0.3) is 0 Å². The molecule has 0 aromatic heterocycles. The standard InChI is InChI=1S/C13H10BrFO4/c14-9-2-3-10(15)8(7-9)1-4-12(16)19-11-5-6-18-13(11)17/h1-4,7,11H,5-6H2. The lowest BCUT2D eigenvalue weighted by molar-refractivity contribution is -0.156. The Morgan fingerprint density at radius 2 is 2.32 bits per heavy atom. The Labute approximate surface area is 117 Å². The molecule has 1 aromatic carbocycles. The fourth-order valence-electron chi connectivity index (χ4n) is 1.56. The molecule has 1 atom stereocenters. The smallest absolute Gasteiger partial charge is 0.347 e. The average molecular weight is 329 g/mol. The molecular formula is C13H10BrFO4.